The van der Waals surface area contributed by atoms with Crippen LogP contribution in [0, 0.1) is 0 Å². The number of nitrogens with one attached hydrogen (secondary N) is 1. The normalized spacial score (nSPS) is 11.0. The second-order valence-electron chi connectivity index (χ2n) is 3.96. The first-order chi connectivity index (χ1) is 9.11. The number of benzene rings is 1. The van der Waals surface area contributed by atoms with Gasteiger partial charge in [0.2, 0.25) is 5.91 Å². The molecule has 0 saturated heterocycles. The van der Waals surface area contributed by atoms with Crippen molar-refractivity contribution in [3.05, 3.63) is 54.1 Å². The molecule has 1 aromatic carbocycles. The molecule has 19 heavy (non-hydrogen) atoms. The van der Waals surface area contributed by atoms with Gasteiger partial charge in [-0.3, -0.25) is 9.59 Å². The van der Waals surface area contributed by atoms with E-state index in [9.17, 15) is 9.59 Å². The first-order valence-electron chi connectivity index (χ1n) is 6.03. The molecule has 0 fully saturated rings. The van der Waals surface area contributed by atoms with E-state index in [1.54, 1.807) is 24.3 Å². The highest BCUT2D eigenvalue weighted by Crippen LogP contribution is 2.11. The zero-order chi connectivity index (χ0) is 14.1. The van der Waals surface area contributed by atoms with E-state index in [0.29, 0.717) is 12.1 Å². The van der Waals surface area contributed by atoms with Crippen molar-refractivity contribution in [3.8, 4) is 0 Å². The highest BCUT2D eigenvalue weighted by molar-refractivity contribution is 5.99. The van der Waals surface area contributed by atoms with Crippen LogP contribution in [-0.2, 0) is 16.0 Å². The van der Waals surface area contributed by atoms with Crippen molar-refractivity contribution in [1.82, 2.24) is 0 Å². The van der Waals surface area contributed by atoms with Crippen molar-refractivity contribution < 1.29 is 14.7 Å². The molecule has 2 N–H and O–H groups in total. The maximum atomic E-state index is 11.5. The van der Waals surface area contributed by atoms with Crippen LogP contribution in [0.5, 0.6) is 0 Å². The molecule has 0 aliphatic rings. The predicted molar refractivity (Wildman–Crippen MR) is 75.0 cm³/mol. The van der Waals surface area contributed by atoms with Crippen molar-refractivity contribution >= 4 is 17.6 Å². The molecule has 0 aliphatic carbocycles. The summed E-state index contributed by atoms with van der Waals surface area (Å²) in [5, 5.41) is 11.3. The summed E-state index contributed by atoms with van der Waals surface area (Å²) in [4.78, 5) is 21.9. The van der Waals surface area contributed by atoms with Gasteiger partial charge in [-0.25, -0.2) is 0 Å². The number of hydrogen-bond acceptors (Lipinski definition) is 2. The molecule has 4 nitrogen and oxygen atoms in total. The fourth-order valence-electron chi connectivity index (χ4n) is 1.44. The Bertz CT molecular complexity index is 487. The van der Waals surface area contributed by atoms with E-state index >= 15 is 0 Å². The van der Waals surface area contributed by atoms with Gasteiger partial charge < -0.3 is 10.4 Å². The number of anilines is 1. The molecule has 1 rings (SSSR count). The van der Waals surface area contributed by atoms with E-state index in [0.717, 1.165) is 5.56 Å². The largest absolute Gasteiger partial charge is 0.481 e. The van der Waals surface area contributed by atoms with Crippen molar-refractivity contribution in [2.24, 2.45) is 0 Å². The average molecular weight is 259 g/mol. The van der Waals surface area contributed by atoms with Gasteiger partial charge in [-0.05, 0) is 31.0 Å². The van der Waals surface area contributed by atoms with Crippen LogP contribution in [0.25, 0.3) is 0 Å². The van der Waals surface area contributed by atoms with E-state index in [-0.39, 0.29) is 12.3 Å². The number of carbonyl (C=O) groups excluding carboxylic acids is 1. The Labute approximate surface area is 112 Å². The fourth-order valence-corrected chi connectivity index (χ4v) is 1.44. The predicted octanol–water partition coefficient (Wildman–Crippen LogP) is 2.77. The first-order valence-corrected chi connectivity index (χ1v) is 6.03. The third-order valence-electron chi connectivity index (χ3n) is 2.40. The maximum absolute atomic E-state index is 11.5. The van der Waals surface area contributed by atoms with Gasteiger partial charge in [0, 0.05) is 18.2 Å². The van der Waals surface area contributed by atoms with Gasteiger partial charge in [0.05, 0.1) is 0 Å². The summed E-state index contributed by atoms with van der Waals surface area (Å²) >= 11 is 0. The average Bonchev–Trinajstić information content (AvgIpc) is 2.38. The molecule has 0 atom stereocenters. The number of amides is 1. The monoisotopic (exact) mass is 259 g/mol. The molecule has 0 unspecified atom stereocenters. The number of allylic oxidation sites excluding steroid dienone is 3. The number of carbonyl (C=O) groups is 2. The van der Waals surface area contributed by atoms with E-state index in [4.69, 9.17) is 5.11 Å². The van der Waals surface area contributed by atoms with Crippen molar-refractivity contribution in [1.29, 1.82) is 0 Å². The second kappa shape index (κ2) is 7.87. The third kappa shape index (κ3) is 6.21. The minimum Gasteiger partial charge on any atom is -0.481 e. The summed E-state index contributed by atoms with van der Waals surface area (Å²) in [6, 6.07) is 7.15. The van der Waals surface area contributed by atoms with Gasteiger partial charge in [-0.2, -0.15) is 0 Å². The van der Waals surface area contributed by atoms with Gasteiger partial charge >= 0.3 is 5.97 Å². The van der Waals surface area contributed by atoms with Gasteiger partial charge in [-0.15, -0.1) is 0 Å². The lowest BCUT2D eigenvalue weighted by molar-refractivity contribution is -0.137. The summed E-state index contributed by atoms with van der Waals surface area (Å²) in [7, 11) is 0. The van der Waals surface area contributed by atoms with Gasteiger partial charge in [0.15, 0.2) is 0 Å². The molecule has 1 amide bonds. The summed E-state index contributed by atoms with van der Waals surface area (Å²) in [6.07, 6.45) is 7.31. The lowest BCUT2D eigenvalue weighted by Gasteiger charge is -2.03. The summed E-state index contributed by atoms with van der Waals surface area (Å²) < 4.78 is 0. The van der Waals surface area contributed by atoms with Crippen LogP contribution < -0.4 is 5.32 Å². The van der Waals surface area contributed by atoms with Crippen LogP contribution in [0.1, 0.15) is 18.9 Å². The number of aryl methyl sites for hydroxylation is 1. The van der Waals surface area contributed by atoms with Crippen LogP contribution in [0.3, 0.4) is 0 Å². The molecule has 0 spiro atoms. The molecule has 100 valence electrons. The Morgan fingerprint density at radius 3 is 2.47 bits per heavy atom. The minimum absolute atomic E-state index is 0.109. The highest BCUT2D eigenvalue weighted by Gasteiger charge is 2.00. The highest BCUT2D eigenvalue weighted by atomic mass is 16.4. The van der Waals surface area contributed by atoms with E-state index in [1.165, 1.54) is 6.08 Å². The first kappa shape index (κ1) is 14.7. The molecular weight excluding hydrogens is 242 g/mol. The summed E-state index contributed by atoms with van der Waals surface area (Å²) in [6.45, 7) is 1.87. The molecule has 0 bridgehead atoms. The number of carboxylic acid groups (broad SMARTS) is 1. The molecule has 4 heteroatoms. The SMILES string of the molecule is C/C=C/C=CC(=O)Nc1ccc(CCC(=O)O)cc1. The molecule has 0 saturated carbocycles. The molecule has 0 radical (unpaired) electrons. The molecule has 0 aromatic heterocycles. The third-order valence-corrected chi connectivity index (χ3v) is 2.40. The lowest BCUT2D eigenvalue weighted by atomic mass is 10.1. The zero-order valence-corrected chi connectivity index (χ0v) is 10.8. The van der Waals surface area contributed by atoms with Crippen molar-refractivity contribution in [2.75, 3.05) is 5.32 Å². The van der Waals surface area contributed by atoms with E-state index in [2.05, 4.69) is 5.32 Å². The Hall–Kier alpha value is -2.36. The topological polar surface area (TPSA) is 66.4 Å². The van der Waals surface area contributed by atoms with Gasteiger partial charge in [0.25, 0.3) is 0 Å². The zero-order valence-electron chi connectivity index (χ0n) is 10.8. The number of rotatable bonds is 6. The second-order valence-corrected chi connectivity index (χ2v) is 3.96. The van der Waals surface area contributed by atoms with Crippen LogP contribution in [0.2, 0.25) is 0 Å². The van der Waals surface area contributed by atoms with E-state index in [1.807, 2.05) is 25.1 Å². The number of hydrogen-bond donors (Lipinski definition) is 2. The lowest BCUT2D eigenvalue weighted by Crippen LogP contribution is -2.07. The standard InChI is InChI=1S/C15H17NO3/c1-2-3-4-5-14(17)16-13-9-6-12(7-10-13)8-11-15(18)19/h2-7,9-10H,8,11H2,1H3,(H,16,17)(H,18,19)/b3-2+,5-4?. The molecule has 0 aliphatic heterocycles. The van der Waals surface area contributed by atoms with Gasteiger partial charge in [0.1, 0.15) is 0 Å². The van der Waals surface area contributed by atoms with Crippen LogP contribution >= 0.6 is 0 Å². The Morgan fingerprint density at radius 1 is 1.21 bits per heavy atom. The molecule has 1 aromatic rings. The van der Waals surface area contributed by atoms with Crippen molar-refractivity contribution in [3.63, 3.8) is 0 Å². The Balaban J connectivity index is 2.52. The van der Waals surface area contributed by atoms with Crippen LogP contribution in [-0.4, -0.2) is 17.0 Å². The van der Waals surface area contributed by atoms with Gasteiger partial charge in [-0.1, -0.05) is 30.4 Å². The van der Waals surface area contributed by atoms with E-state index < -0.39 is 5.97 Å². The fraction of sp³-hybridized carbons (Fsp3) is 0.200. The smallest absolute Gasteiger partial charge is 0.303 e. The van der Waals surface area contributed by atoms with Crippen LogP contribution in [0.15, 0.2) is 48.6 Å². The number of aliphatic carboxylic acids is 1. The van der Waals surface area contributed by atoms with Crippen molar-refractivity contribution in [2.45, 2.75) is 19.8 Å². The number of carboxylic acids is 1. The Kier molecular flexibility index (Phi) is 6.09. The summed E-state index contributed by atoms with van der Waals surface area (Å²) in [5.41, 5.74) is 1.62. The molecule has 0 heterocycles. The summed E-state index contributed by atoms with van der Waals surface area (Å²) in [5.74, 6) is -1.01. The maximum Gasteiger partial charge on any atom is 0.303 e. The minimum atomic E-state index is -0.813. The quantitative estimate of drug-likeness (QED) is 0.609. The van der Waals surface area contributed by atoms with Crippen LogP contribution in [0.4, 0.5) is 5.69 Å². The Morgan fingerprint density at radius 2 is 1.89 bits per heavy atom. The molecular formula is C15H17NO3.